The first-order valence-electron chi connectivity index (χ1n) is 6.55. The van der Waals surface area contributed by atoms with Crippen molar-refractivity contribution in [2.45, 2.75) is 20.0 Å². The highest BCUT2D eigenvalue weighted by molar-refractivity contribution is 6.30. The van der Waals surface area contributed by atoms with Crippen LogP contribution in [0.3, 0.4) is 0 Å². The van der Waals surface area contributed by atoms with Gasteiger partial charge in [0.2, 0.25) is 0 Å². The molecule has 5 heteroatoms. The number of nitrogens with two attached hydrogens (primary N) is 1. The molecule has 1 atom stereocenters. The van der Waals surface area contributed by atoms with E-state index < -0.39 is 6.10 Å². The summed E-state index contributed by atoms with van der Waals surface area (Å²) in [4.78, 5) is 12.1. The minimum absolute atomic E-state index is 0.262. The van der Waals surface area contributed by atoms with Crippen LogP contribution in [0, 0.1) is 6.92 Å². The van der Waals surface area contributed by atoms with Crippen molar-refractivity contribution in [1.29, 1.82) is 0 Å². The molecule has 2 rings (SSSR count). The van der Waals surface area contributed by atoms with E-state index in [4.69, 9.17) is 22.1 Å². The molecular weight excluding hydrogens is 288 g/mol. The van der Waals surface area contributed by atoms with Crippen molar-refractivity contribution in [1.82, 2.24) is 0 Å². The monoisotopic (exact) mass is 304 g/mol. The van der Waals surface area contributed by atoms with Crippen LogP contribution in [0.25, 0.3) is 0 Å². The quantitative estimate of drug-likeness (QED) is 0.848. The van der Waals surface area contributed by atoms with Crippen molar-refractivity contribution < 1.29 is 9.53 Å². The van der Waals surface area contributed by atoms with Crippen molar-refractivity contribution in [2.75, 3.05) is 11.1 Å². The Bertz CT molecular complexity index is 658. The molecule has 0 saturated carbocycles. The maximum Gasteiger partial charge on any atom is 0.265 e. The van der Waals surface area contributed by atoms with Gasteiger partial charge in [-0.25, -0.2) is 0 Å². The average Bonchev–Trinajstić information content (AvgIpc) is 2.44. The number of nitrogen functional groups attached to an aromatic ring is 1. The molecule has 110 valence electrons. The average molecular weight is 305 g/mol. The molecule has 0 aliphatic carbocycles. The molecule has 0 aromatic heterocycles. The van der Waals surface area contributed by atoms with Gasteiger partial charge in [0.1, 0.15) is 5.75 Å². The van der Waals surface area contributed by atoms with Crippen LogP contribution in [0.2, 0.25) is 5.02 Å². The number of hydrogen-bond donors (Lipinski definition) is 2. The molecule has 1 amide bonds. The molecule has 4 nitrogen and oxygen atoms in total. The number of amides is 1. The number of nitrogens with one attached hydrogen (secondary N) is 1. The van der Waals surface area contributed by atoms with Crippen LogP contribution in [0.1, 0.15) is 12.5 Å². The first-order valence-corrected chi connectivity index (χ1v) is 6.93. The summed E-state index contributed by atoms with van der Waals surface area (Å²) in [6, 6.07) is 12.3. The smallest absolute Gasteiger partial charge is 0.265 e. The van der Waals surface area contributed by atoms with Gasteiger partial charge in [0.25, 0.3) is 5.91 Å². The van der Waals surface area contributed by atoms with Crippen LogP contribution in [-0.2, 0) is 4.79 Å². The maximum atomic E-state index is 12.1. The standard InChI is InChI=1S/C16H17ClN2O2/c1-10-9-12(17)7-8-15(10)21-11(2)16(20)19-14-6-4-3-5-13(14)18/h3-9,11H,18H2,1-2H3,(H,19,20). The fraction of sp³-hybridized carbons (Fsp3) is 0.188. The van der Waals surface area contributed by atoms with Crippen LogP contribution in [0.5, 0.6) is 5.75 Å². The van der Waals surface area contributed by atoms with Gasteiger partial charge in [-0.05, 0) is 49.7 Å². The molecule has 21 heavy (non-hydrogen) atoms. The third kappa shape index (κ3) is 3.89. The van der Waals surface area contributed by atoms with E-state index in [1.165, 1.54) is 0 Å². The molecule has 0 saturated heterocycles. The molecule has 0 spiro atoms. The van der Waals surface area contributed by atoms with E-state index in [0.717, 1.165) is 5.56 Å². The second kappa shape index (κ2) is 6.50. The Labute approximate surface area is 128 Å². The molecular formula is C16H17ClN2O2. The van der Waals surface area contributed by atoms with Crippen LogP contribution in [0.15, 0.2) is 42.5 Å². The molecule has 0 aliphatic heterocycles. The summed E-state index contributed by atoms with van der Waals surface area (Å²) in [6.45, 7) is 3.56. The summed E-state index contributed by atoms with van der Waals surface area (Å²) in [7, 11) is 0. The summed E-state index contributed by atoms with van der Waals surface area (Å²) in [5.74, 6) is 0.366. The Morgan fingerprint density at radius 3 is 2.67 bits per heavy atom. The fourth-order valence-corrected chi connectivity index (χ4v) is 2.06. The highest BCUT2D eigenvalue weighted by atomic mass is 35.5. The molecule has 0 aliphatic rings. The molecule has 2 aromatic rings. The molecule has 0 radical (unpaired) electrons. The lowest BCUT2D eigenvalue weighted by atomic mass is 10.2. The predicted octanol–water partition coefficient (Wildman–Crippen LogP) is 3.64. The van der Waals surface area contributed by atoms with E-state index in [0.29, 0.717) is 22.1 Å². The zero-order chi connectivity index (χ0) is 15.4. The first-order chi connectivity index (χ1) is 9.97. The number of ether oxygens (including phenoxy) is 1. The van der Waals surface area contributed by atoms with Gasteiger partial charge in [0.15, 0.2) is 6.10 Å². The zero-order valence-electron chi connectivity index (χ0n) is 11.9. The number of benzene rings is 2. The minimum Gasteiger partial charge on any atom is -0.481 e. The van der Waals surface area contributed by atoms with E-state index in [-0.39, 0.29) is 5.91 Å². The van der Waals surface area contributed by atoms with Gasteiger partial charge in [-0.1, -0.05) is 23.7 Å². The number of halogens is 1. The topological polar surface area (TPSA) is 64.3 Å². The number of hydrogen-bond acceptors (Lipinski definition) is 3. The van der Waals surface area contributed by atoms with E-state index >= 15 is 0 Å². The Morgan fingerprint density at radius 2 is 2.00 bits per heavy atom. The second-order valence-electron chi connectivity index (χ2n) is 4.75. The Balaban J connectivity index is 2.04. The number of carbonyl (C=O) groups is 1. The summed E-state index contributed by atoms with van der Waals surface area (Å²) < 4.78 is 5.66. The van der Waals surface area contributed by atoms with Gasteiger partial charge in [0.05, 0.1) is 11.4 Å². The van der Waals surface area contributed by atoms with Gasteiger partial charge in [-0.15, -0.1) is 0 Å². The SMILES string of the molecule is Cc1cc(Cl)ccc1OC(C)C(=O)Nc1ccccc1N. The Kier molecular flexibility index (Phi) is 4.70. The largest absolute Gasteiger partial charge is 0.481 e. The van der Waals surface area contributed by atoms with Crippen molar-refractivity contribution in [2.24, 2.45) is 0 Å². The van der Waals surface area contributed by atoms with Crippen molar-refractivity contribution in [3.05, 3.63) is 53.1 Å². The van der Waals surface area contributed by atoms with E-state index in [1.54, 1.807) is 43.3 Å². The Morgan fingerprint density at radius 1 is 1.29 bits per heavy atom. The van der Waals surface area contributed by atoms with Gasteiger partial charge in [0, 0.05) is 5.02 Å². The summed E-state index contributed by atoms with van der Waals surface area (Å²) in [5, 5.41) is 3.38. The van der Waals surface area contributed by atoms with Gasteiger partial charge >= 0.3 is 0 Å². The number of para-hydroxylation sites is 2. The first kappa shape index (κ1) is 15.2. The second-order valence-corrected chi connectivity index (χ2v) is 5.18. The van der Waals surface area contributed by atoms with Crippen molar-refractivity contribution in [3.63, 3.8) is 0 Å². The number of carbonyl (C=O) groups excluding carboxylic acids is 1. The zero-order valence-corrected chi connectivity index (χ0v) is 12.6. The van der Waals surface area contributed by atoms with Crippen LogP contribution in [0.4, 0.5) is 11.4 Å². The van der Waals surface area contributed by atoms with Crippen LogP contribution < -0.4 is 15.8 Å². The van der Waals surface area contributed by atoms with Crippen molar-refractivity contribution >= 4 is 28.9 Å². The van der Waals surface area contributed by atoms with Gasteiger partial charge < -0.3 is 15.8 Å². The highest BCUT2D eigenvalue weighted by Gasteiger charge is 2.16. The summed E-state index contributed by atoms with van der Waals surface area (Å²) in [6.07, 6.45) is -0.649. The molecule has 2 aromatic carbocycles. The lowest BCUT2D eigenvalue weighted by Gasteiger charge is -2.17. The van der Waals surface area contributed by atoms with E-state index in [1.807, 2.05) is 13.0 Å². The maximum absolute atomic E-state index is 12.1. The number of aryl methyl sites for hydroxylation is 1. The van der Waals surface area contributed by atoms with E-state index in [2.05, 4.69) is 5.32 Å². The van der Waals surface area contributed by atoms with E-state index in [9.17, 15) is 4.79 Å². The summed E-state index contributed by atoms with van der Waals surface area (Å²) in [5.41, 5.74) is 7.76. The molecule has 0 fully saturated rings. The highest BCUT2D eigenvalue weighted by Crippen LogP contribution is 2.23. The molecule has 0 heterocycles. The summed E-state index contributed by atoms with van der Waals surface area (Å²) >= 11 is 5.89. The lowest BCUT2D eigenvalue weighted by molar-refractivity contribution is -0.122. The lowest BCUT2D eigenvalue weighted by Crippen LogP contribution is -2.30. The van der Waals surface area contributed by atoms with Crippen LogP contribution in [-0.4, -0.2) is 12.0 Å². The third-order valence-electron chi connectivity index (χ3n) is 3.03. The molecule has 3 N–H and O–H groups in total. The predicted molar refractivity (Wildman–Crippen MR) is 85.8 cm³/mol. The third-order valence-corrected chi connectivity index (χ3v) is 3.26. The minimum atomic E-state index is -0.649. The normalized spacial score (nSPS) is 11.8. The Hall–Kier alpha value is -2.20. The van der Waals surface area contributed by atoms with Crippen molar-refractivity contribution in [3.8, 4) is 5.75 Å². The van der Waals surface area contributed by atoms with Crippen LogP contribution >= 0.6 is 11.6 Å². The molecule has 1 unspecified atom stereocenters. The van der Waals surface area contributed by atoms with Gasteiger partial charge in [-0.2, -0.15) is 0 Å². The van der Waals surface area contributed by atoms with Gasteiger partial charge in [-0.3, -0.25) is 4.79 Å². The number of anilines is 2. The molecule has 0 bridgehead atoms. The fourth-order valence-electron chi connectivity index (χ4n) is 1.83. The number of rotatable bonds is 4.